The third-order valence-corrected chi connectivity index (χ3v) is 5.32. The molecule has 108 valence electrons. The number of nitrogens with zero attached hydrogens (tertiary/aromatic N) is 1. The molecule has 1 aromatic carbocycles. The number of hydrogen-bond acceptors (Lipinski definition) is 3. The number of nitrogen functional groups attached to an aromatic ring is 1. The summed E-state index contributed by atoms with van der Waals surface area (Å²) >= 11 is 5.64. The zero-order valence-electron chi connectivity index (χ0n) is 11.2. The smallest absolute Gasteiger partial charge is 0.246 e. The molecule has 0 spiro atoms. The van der Waals surface area contributed by atoms with Gasteiger partial charge in [-0.2, -0.15) is 4.31 Å². The van der Waals surface area contributed by atoms with Crippen LogP contribution in [0.15, 0.2) is 17.0 Å². The standard InChI is InChI=1S/C12H18ClFN2O2S/c1-4-9(5-2)16(3)19(17,18)11-7-8(15)6-10(13)12(11)14/h6-7,9H,4-5,15H2,1-3H3. The lowest BCUT2D eigenvalue weighted by Crippen LogP contribution is -2.36. The molecular weight excluding hydrogens is 291 g/mol. The monoisotopic (exact) mass is 308 g/mol. The molecule has 0 unspecified atom stereocenters. The summed E-state index contributed by atoms with van der Waals surface area (Å²) in [6.07, 6.45) is 1.29. The highest BCUT2D eigenvalue weighted by atomic mass is 35.5. The van der Waals surface area contributed by atoms with Crippen molar-refractivity contribution in [3.05, 3.63) is 23.0 Å². The molecule has 0 aliphatic heterocycles. The van der Waals surface area contributed by atoms with Gasteiger partial charge in [-0.05, 0) is 25.0 Å². The van der Waals surface area contributed by atoms with E-state index in [0.29, 0.717) is 12.8 Å². The number of rotatable bonds is 5. The van der Waals surface area contributed by atoms with Gasteiger partial charge in [0.2, 0.25) is 10.0 Å². The normalized spacial score (nSPS) is 12.4. The molecule has 7 heteroatoms. The summed E-state index contributed by atoms with van der Waals surface area (Å²) in [5.41, 5.74) is 5.65. The van der Waals surface area contributed by atoms with E-state index in [4.69, 9.17) is 17.3 Å². The van der Waals surface area contributed by atoms with Crippen LogP contribution in [0.25, 0.3) is 0 Å². The van der Waals surface area contributed by atoms with Gasteiger partial charge in [-0.1, -0.05) is 25.4 Å². The van der Waals surface area contributed by atoms with Gasteiger partial charge in [0.15, 0.2) is 5.82 Å². The van der Waals surface area contributed by atoms with Crippen molar-refractivity contribution in [2.45, 2.75) is 37.6 Å². The Kier molecular flexibility index (Phi) is 5.18. The number of benzene rings is 1. The van der Waals surface area contributed by atoms with Crippen molar-refractivity contribution in [3.8, 4) is 0 Å². The highest BCUT2D eigenvalue weighted by Crippen LogP contribution is 2.28. The Morgan fingerprint density at radius 2 is 1.89 bits per heavy atom. The van der Waals surface area contributed by atoms with Gasteiger partial charge in [0.1, 0.15) is 4.90 Å². The maximum Gasteiger partial charge on any atom is 0.246 e. The first-order valence-electron chi connectivity index (χ1n) is 5.98. The summed E-state index contributed by atoms with van der Waals surface area (Å²) in [5.74, 6) is -0.964. The minimum Gasteiger partial charge on any atom is -0.399 e. The minimum atomic E-state index is -3.94. The Morgan fingerprint density at radius 3 is 2.37 bits per heavy atom. The quantitative estimate of drug-likeness (QED) is 0.851. The molecule has 2 N–H and O–H groups in total. The molecule has 0 saturated carbocycles. The van der Waals surface area contributed by atoms with Gasteiger partial charge in [-0.25, -0.2) is 12.8 Å². The van der Waals surface area contributed by atoms with Gasteiger partial charge < -0.3 is 5.73 Å². The van der Waals surface area contributed by atoms with E-state index in [1.54, 1.807) is 0 Å². The fourth-order valence-corrected chi connectivity index (χ4v) is 3.83. The van der Waals surface area contributed by atoms with Gasteiger partial charge in [0.05, 0.1) is 5.02 Å². The van der Waals surface area contributed by atoms with Crippen LogP contribution in [-0.4, -0.2) is 25.8 Å². The van der Waals surface area contributed by atoms with Crippen molar-refractivity contribution in [3.63, 3.8) is 0 Å². The van der Waals surface area contributed by atoms with Crippen LogP contribution in [0.1, 0.15) is 26.7 Å². The number of hydrogen-bond donors (Lipinski definition) is 1. The van der Waals surface area contributed by atoms with Crippen LogP contribution in [0, 0.1) is 5.82 Å². The van der Waals surface area contributed by atoms with Crippen LogP contribution in [-0.2, 0) is 10.0 Å². The van der Waals surface area contributed by atoms with Gasteiger partial charge in [0.25, 0.3) is 0 Å². The first-order chi connectivity index (χ1) is 8.75. The average Bonchev–Trinajstić information content (AvgIpc) is 2.34. The highest BCUT2D eigenvalue weighted by Gasteiger charge is 2.30. The second-order valence-electron chi connectivity index (χ2n) is 4.31. The predicted octanol–water partition coefficient (Wildman–Crippen LogP) is 2.87. The third kappa shape index (κ3) is 3.19. The van der Waals surface area contributed by atoms with Crippen LogP contribution < -0.4 is 5.73 Å². The molecule has 0 aliphatic carbocycles. The molecule has 0 saturated heterocycles. The number of nitrogens with two attached hydrogens (primary N) is 1. The fraction of sp³-hybridized carbons (Fsp3) is 0.500. The molecule has 0 atom stereocenters. The molecule has 4 nitrogen and oxygen atoms in total. The maximum absolute atomic E-state index is 13.9. The Labute approximate surface area is 118 Å². The van der Waals surface area contributed by atoms with E-state index < -0.39 is 20.7 Å². The molecule has 0 radical (unpaired) electrons. The Hall–Kier alpha value is -0.850. The van der Waals surface area contributed by atoms with Crippen molar-refractivity contribution in [2.75, 3.05) is 12.8 Å². The van der Waals surface area contributed by atoms with E-state index in [1.807, 2.05) is 13.8 Å². The number of halogens is 2. The molecule has 1 aromatic rings. The molecule has 0 aliphatic rings. The van der Waals surface area contributed by atoms with Crippen molar-refractivity contribution in [2.24, 2.45) is 0 Å². The summed E-state index contributed by atoms with van der Waals surface area (Å²) in [7, 11) is -2.51. The summed E-state index contributed by atoms with van der Waals surface area (Å²) in [5, 5.41) is -0.295. The van der Waals surface area contributed by atoms with E-state index in [9.17, 15) is 12.8 Å². The molecule has 0 bridgehead atoms. The van der Waals surface area contributed by atoms with Crippen molar-refractivity contribution >= 4 is 27.3 Å². The molecule has 0 aromatic heterocycles. The number of sulfonamides is 1. The van der Waals surface area contributed by atoms with Gasteiger partial charge in [0, 0.05) is 18.8 Å². The van der Waals surface area contributed by atoms with Crippen LogP contribution >= 0.6 is 11.6 Å². The summed E-state index contributed by atoms with van der Waals surface area (Å²) in [6.45, 7) is 3.76. The van der Waals surface area contributed by atoms with E-state index in [1.165, 1.54) is 17.4 Å². The highest BCUT2D eigenvalue weighted by molar-refractivity contribution is 7.89. The van der Waals surface area contributed by atoms with Gasteiger partial charge in [-0.3, -0.25) is 0 Å². The first kappa shape index (κ1) is 16.2. The lowest BCUT2D eigenvalue weighted by molar-refractivity contribution is 0.348. The van der Waals surface area contributed by atoms with Crippen molar-refractivity contribution in [1.29, 1.82) is 0 Å². The predicted molar refractivity (Wildman–Crippen MR) is 75.1 cm³/mol. The third-order valence-electron chi connectivity index (χ3n) is 3.13. The second-order valence-corrected chi connectivity index (χ2v) is 6.68. The lowest BCUT2D eigenvalue weighted by Gasteiger charge is -2.25. The molecule has 0 fully saturated rings. The number of anilines is 1. The van der Waals surface area contributed by atoms with Crippen molar-refractivity contribution in [1.82, 2.24) is 4.31 Å². The molecule has 0 heterocycles. The molecule has 0 amide bonds. The maximum atomic E-state index is 13.9. The molecular formula is C12H18ClFN2O2S. The van der Waals surface area contributed by atoms with Gasteiger partial charge in [-0.15, -0.1) is 0 Å². The van der Waals surface area contributed by atoms with Crippen LogP contribution in [0.5, 0.6) is 0 Å². The summed E-state index contributed by atoms with van der Waals surface area (Å²) in [6, 6.07) is 2.09. The Morgan fingerprint density at radius 1 is 1.37 bits per heavy atom. The largest absolute Gasteiger partial charge is 0.399 e. The van der Waals surface area contributed by atoms with Crippen LogP contribution in [0.4, 0.5) is 10.1 Å². The van der Waals surface area contributed by atoms with E-state index in [2.05, 4.69) is 0 Å². The van der Waals surface area contributed by atoms with Crippen molar-refractivity contribution < 1.29 is 12.8 Å². The second kappa shape index (κ2) is 6.07. The van der Waals surface area contributed by atoms with E-state index in [0.717, 1.165) is 6.07 Å². The lowest BCUT2D eigenvalue weighted by atomic mass is 10.2. The van der Waals surface area contributed by atoms with E-state index >= 15 is 0 Å². The van der Waals surface area contributed by atoms with Crippen LogP contribution in [0.2, 0.25) is 5.02 Å². The zero-order valence-corrected chi connectivity index (χ0v) is 12.7. The van der Waals surface area contributed by atoms with E-state index in [-0.39, 0.29) is 16.8 Å². The molecule has 19 heavy (non-hydrogen) atoms. The summed E-state index contributed by atoms with van der Waals surface area (Å²) in [4.78, 5) is -0.480. The minimum absolute atomic E-state index is 0.114. The van der Waals surface area contributed by atoms with Gasteiger partial charge >= 0.3 is 0 Å². The zero-order chi connectivity index (χ0) is 14.8. The average molecular weight is 309 g/mol. The van der Waals surface area contributed by atoms with Crippen LogP contribution in [0.3, 0.4) is 0 Å². The Balaban J connectivity index is 3.35. The Bertz CT molecular complexity index is 559. The topological polar surface area (TPSA) is 63.4 Å². The first-order valence-corrected chi connectivity index (χ1v) is 7.80. The summed E-state index contributed by atoms with van der Waals surface area (Å²) < 4.78 is 39.9. The fourth-order valence-electron chi connectivity index (χ4n) is 1.93. The SMILES string of the molecule is CCC(CC)N(C)S(=O)(=O)c1cc(N)cc(Cl)c1F. The molecule has 1 rings (SSSR count).